The maximum Gasteiger partial charge on any atom is 0.211 e. The van der Waals surface area contributed by atoms with Gasteiger partial charge in [-0.1, -0.05) is 6.92 Å². The summed E-state index contributed by atoms with van der Waals surface area (Å²) in [6, 6.07) is 0. The fourth-order valence-electron chi connectivity index (χ4n) is 2.05. The lowest BCUT2D eigenvalue weighted by atomic mass is 9.96. The SMILES string of the molecule is CCNCCC1CCCN(S(C)(=O)=O)C1. The molecular weight excluding hydrogens is 212 g/mol. The van der Waals surface area contributed by atoms with Gasteiger partial charge in [-0.15, -0.1) is 0 Å². The van der Waals surface area contributed by atoms with Crippen molar-refractivity contribution in [3.05, 3.63) is 0 Å². The summed E-state index contributed by atoms with van der Waals surface area (Å²) in [6.07, 6.45) is 4.56. The van der Waals surface area contributed by atoms with Crippen molar-refractivity contribution in [2.75, 3.05) is 32.4 Å². The van der Waals surface area contributed by atoms with Gasteiger partial charge in [-0.3, -0.25) is 0 Å². The maximum atomic E-state index is 11.4. The van der Waals surface area contributed by atoms with Crippen molar-refractivity contribution >= 4 is 10.0 Å². The normalized spacial score (nSPS) is 24.3. The van der Waals surface area contributed by atoms with Gasteiger partial charge >= 0.3 is 0 Å². The highest BCUT2D eigenvalue weighted by Gasteiger charge is 2.25. The van der Waals surface area contributed by atoms with E-state index in [2.05, 4.69) is 12.2 Å². The van der Waals surface area contributed by atoms with Crippen LogP contribution in [0.5, 0.6) is 0 Å². The highest BCUT2D eigenvalue weighted by atomic mass is 32.2. The van der Waals surface area contributed by atoms with Crippen LogP contribution in [0.1, 0.15) is 26.2 Å². The molecule has 0 aromatic carbocycles. The number of hydrogen-bond acceptors (Lipinski definition) is 3. The van der Waals surface area contributed by atoms with Crippen LogP contribution in [0, 0.1) is 5.92 Å². The predicted molar refractivity (Wildman–Crippen MR) is 62.3 cm³/mol. The molecule has 5 heteroatoms. The Morgan fingerprint density at radius 2 is 2.20 bits per heavy atom. The Balaban J connectivity index is 2.36. The van der Waals surface area contributed by atoms with E-state index < -0.39 is 10.0 Å². The summed E-state index contributed by atoms with van der Waals surface area (Å²) in [5, 5.41) is 3.28. The van der Waals surface area contributed by atoms with Gasteiger partial charge in [-0.25, -0.2) is 12.7 Å². The third-order valence-electron chi connectivity index (χ3n) is 2.93. The first-order chi connectivity index (χ1) is 7.04. The zero-order chi connectivity index (χ0) is 11.3. The fraction of sp³-hybridized carbons (Fsp3) is 1.00. The minimum Gasteiger partial charge on any atom is -0.317 e. The lowest BCUT2D eigenvalue weighted by Gasteiger charge is -2.30. The molecular formula is C10H22N2O2S. The van der Waals surface area contributed by atoms with Crippen LogP contribution in [0.15, 0.2) is 0 Å². The van der Waals surface area contributed by atoms with Crippen molar-refractivity contribution < 1.29 is 8.42 Å². The summed E-state index contributed by atoms with van der Waals surface area (Å²) in [7, 11) is -2.98. The van der Waals surface area contributed by atoms with Gasteiger partial charge in [0.2, 0.25) is 10.0 Å². The number of nitrogens with zero attached hydrogens (tertiary/aromatic N) is 1. The lowest BCUT2D eigenvalue weighted by molar-refractivity contribution is 0.256. The predicted octanol–water partition coefficient (Wildman–Crippen LogP) is 0.658. The van der Waals surface area contributed by atoms with Crippen LogP contribution in [-0.4, -0.2) is 45.2 Å². The van der Waals surface area contributed by atoms with Crippen LogP contribution in [-0.2, 0) is 10.0 Å². The number of piperidine rings is 1. The molecule has 0 aromatic rings. The van der Waals surface area contributed by atoms with Crippen molar-refractivity contribution in [2.45, 2.75) is 26.2 Å². The number of nitrogens with one attached hydrogen (secondary N) is 1. The summed E-state index contributed by atoms with van der Waals surface area (Å²) < 4.78 is 24.4. The van der Waals surface area contributed by atoms with Crippen molar-refractivity contribution in [1.29, 1.82) is 0 Å². The summed E-state index contributed by atoms with van der Waals surface area (Å²) in [6.45, 7) is 5.49. The van der Waals surface area contributed by atoms with Gasteiger partial charge in [0.25, 0.3) is 0 Å². The molecule has 1 rings (SSSR count). The molecule has 0 aromatic heterocycles. The summed E-state index contributed by atoms with van der Waals surface area (Å²) in [4.78, 5) is 0. The van der Waals surface area contributed by atoms with Gasteiger partial charge in [0.1, 0.15) is 0 Å². The second-order valence-electron chi connectivity index (χ2n) is 4.27. The molecule has 15 heavy (non-hydrogen) atoms. The van der Waals surface area contributed by atoms with E-state index >= 15 is 0 Å². The van der Waals surface area contributed by atoms with E-state index in [1.807, 2.05) is 0 Å². The summed E-state index contributed by atoms with van der Waals surface area (Å²) >= 11 is 0. The second kappa shape index (κ2) is 5.82. The van der Waals surface area contributed by atoms with Gasteiger partial charge in [0.05, 0.1) is 6.26 Å². The van der Waals surface area contributed by atoms with Crippen molar-refractivity contribution in [2.24, 2.45) is 5.92 Å². The van der Waals surface area contributed by atoms with Gasteiger partial charge < -0.3 is 5.32 Å². The van der Waals surface area contributed by atoms with Crippen LogP contribution in [0.2, 0.25) is 0 Å². The number of hydrogen-bond donors (Lipinski definition) is 1. The molecule has 0 spiro atoms. The minimum absolute atomic E-state index is 0.535. The Labute approximate surface area is 93.1 Å². The van der Waals surface area contributed by atoms with E-state index in [9.17, 15) is 8.42 Å². The van der Waals surface area contributed by atoms with Crippen molar-refractivity contribution in [3.63, 3.8) is 0 Å². The molecule has 0 radical (unpaired) electrons. The first-order valence-corrected chi connectivity index (χ1v) is 7.54. The molecule has 0 amide bonds. The molecule has 4 nitrogen and oxygen atoms in total. The lowest BCUT2D eigenvalue weighted by Crippen LogP contribution is -2.40. The van der Waals surface area contributed by atoms with Gasteiger partial charge in [0, 0.05) is 13.1 Å². The molecule has 0 saturated carbocycles. The first kappa shape index (κ1) is 12.9. The van der Waals surface area contributed by atoms with Gasteiger partial charge in [-0.05, 0) is 38.3 Å². The summed E-state index contributed by atoms with van der Waals surface area (Å²) in [5.74, 6) is 0.535. The molecule has 1 aliphatic heterocycles. The third-order valence-corrected chi connectivity index (χ3v) is 4.20. The number of rotatable bonds is 5. The molecule has 1 aliphatic rings. The van der Waals surface area contributed by atoms with Gasteiger partial charge in [-0.2, -0.15) is 0 Å². The van der Waals surface area contributed by atoms with Crippen LogP contribution >= 0.6 is 0 Å². The second-order valence-corrected chi connectivity index (χ2v) is 6.25. The van der Waals surface area contributed by atoms with Gasteiger partial charge in [0.15, 0.2) is 0 Å². The van der Waals surface area contributed by atoms with Crippen LogP contribution in [0.3, 0.4) is 0 Å². The minimum atomic E-state index is -2.98. The summed E-state index contributed by atoms with van der Waals surface area (Å²) in [5.41, 5.74) is 0. The Morgan fingerprint density at radius 3 is 2.80 bits per heavy atom. The zero-order valence-corrected chi connectivity index (χ0v) is 10.5. The maximum absolute atomic E-state index is 11.4. The smallest absolute Gasteiger partial charge is 0.211 e. The molecule has 1 N–H and O–H groups in total. The van der Waals surface area contributed by atoms with Crippen LogP contribution in [0.25, 0.3) is 0 Å². The monoisotopic (exact) mass is 234 g/mol. The molecule has 1 heterocycles. The standard InChI is InChI=1S/C10H22N2O2S/c1-3-11-7-6-10-5-4-8-12(9-10)15(2,13)14/h10-11H,3-9H2,1-2H3. The Bertz CT molecular complexity index is 277. The van der Waals surface area contributed by atoms with Crippen LogP contribution in [0.4, 0.5) is 0 Å². The average molecular weight is 234 g/mol. The topological polar surface area (TPSA) is 49.4 Å². The van der Waals surface area contributed by atoms with E-state index in [1.165, 1.54) is 6.26 Å². The highest BCUT2D eigenvalue weighted by Crippen LogP contribution is 2.20. The Morgan fingerprint density at radius 1 is 1.47 bits per heavy atom. The molecule has 1 fully saturated rings. The molecule has 0 aliphatic carbocycles. The van der Waals surface area contributed by atoms with E-state index in [0.29, 0.717) is 19.0 Å². The molecule has 1 saturated heterocycles. The highest BCUT2D eigenvalue weighted by molar-refractivity contribution is 7.88. The first-order valence-electron chi connectivity index (χ1n) is 5.70. The Hall–Kier alpha value is -0.130. The van der Waals surface area contributed by atoms with E-state index in [4.69, 9.17) is 0 Å². The molecule has 1 atom stereocenters. The largest absolute Gasteiger partial charge is 0.317 e. The molecule has 1 unspecified atom stereocenters. The molecule has 0 bridgehead atoms. The molecule has 90 valence electrons. The third kappa shape index (κ3) is 4.49. The average Bonchev–Trinajstić information content (AvgIpc) is 2.17. The van der Waals surface area contributed by atoms with Crippen molar-refractivity contribution in [1.82, 2.24) is 9.62 Å². The number of sulfonamides is 1. The zero-order valence-electron chi connectivity index (χ0n) is 9.70. The van der Waals surface area contributed by atoms with E-state index in [-0.39, 0.29) is 0 Å². The van der Waals surface area contributed by atoms with E-state index in [1.54, 1.807) is 4.31 Å². The van der Waals surface area contributed by atoms with Crippen molar-refractivity contribution in [3.8, 4) is 0 Å². The Kier molecular flexibility index (Phi) is 5.02. The van der Waals surface area contributed by atoms with E-state index in [0.717, 1.165) is 32.4 Å². The fourth-order valence-corrected chi connectivity index (χ4v) is 2.99. The van der Waals surface area contributed by atoms with Crippen LogP contribution < -0.4 is 5.32 Å². The quantitative estimate of drug-likeness (QED) is 0.711.